The van der Waals surface area contributed by atoms with E-state index >= 15 is 0 Å². The minimum absolute atomic E-state index is 0.0533. The molecule has 1 aromatic heterocycles. The number of sulfonamides is 1. The van der Waals surface area contributed by atoms with Gasteiger partial charge in [0.15, 0.2) is 5.13 Å². The van der Waals surface area contributed by atoms with Crippen LogP contribution in [0, 0.1) is 6.92 Å². The first-order valence-electron chi connectivity index (χ1n) is 6.19. The van der Waals surface area contributed by atoms with Crippen LogP contribution in [0.3, 0.4) is 0 Å². The van der Waals surface area contributed by atoms with E-state index in [9.17, 15) is 13.2 Å². The summed E-state index contributed by atoms with van der Waals surface area (Å²) in [6.07, 6.45) is 0. The summed E-state index contributed by atoms with van der Waals surface area (Å²) in [6, 6.07) is 5.71. The summed E-state index contributed by atoms with van der Waals surface area (Å²) in [4.78, 5) is 15.7. The molecular formula is C13H13ClN2O4S2. The first-order chi connectivity index (χ1) is 10.2. The summed E-state index contributed by atoms with van der Waals surface area (Å²) >= 11 is 6.74. The number of carbonyl (C=O) groups is 1. The Balaban J connectivity index is 2.29. The van der Waals surface area contributed by atoms with Gasteiger partial charge in [-0.05, 0) is 38.1 Å². The number of carboxylic acids is 1. The van der Waals surface area contributed by atoms with Crippen LogP contribution in [0.4, 0.5) is 5.13 Å². The van der Waals surface area contributed by atoms with E-state index in [-0.39, 0.29) is 10.0 Å². The lowest BCUT2D eigenvalue weighted by Gasteiger charge is -2.05. The van der Waals surface area contributed by atoms with Crippen molar-refractivity contribution in [2.75, 3.05) is 4.72 Å². The molecule has 0 spiro atoms. The van der Waals surface area contributed by atoms with Crippen molar-refractivity contribution in [3.05, 3.63) is 39.9 Å². The largest absolute Gasteiger partial charge is 0.481 e. The zero-order valence-electron chi connectivity index (χ0n) is 11.7. The maximum Gasteiger partial charge on any atom is 0.311 e. The number of thiazole rings is 1. The Bertz CT molecular complexity index is 800. The van der Waals surface area contributed by atoms with Crippen LogP contribution in [-0.4, -0.2) is 24.5 Å². The molecule has 0 bridgehead atoms. The quantitative estimate of drug-likeness (QED) is 0.854. The number of aryl methyl sites for hydroxylation is 1. The number of aromatic nitrogens is 1. The first-order valence-corrected chi connectivity index (χ1v) is 8.87. The number of rotatable bonds is 5. The lowest BCUT2D eigenvalue weighted by molar-refractivity contribution is -0.138. The van der Waals surface area contributed by atoms with Crippen LogP contribution in [0.5, 0.6) is 0 Å². The smallest absolute Gasteiger partial charge is 0.311 e. The second-order valence-corrected chi connectivity index (χ2v) is 7.74. The second-order valence-electron chi connectivity index (χ2n) is 4.59. The summed E-state index contributed by atoms with van der Waals surface area (Å²) in [5, 5.41) is 9.60. The van der Waals surface area contributed by atoms with Crippen molar-refractivity contribution in [2.24, 2.45) is 0 Å². The van der Waals surface area contributed by atoms with Gasteiger partial charge in [-0.2, -0.15) is 0 Å². The normalized spacial score (nSPS) is 12.9. The van der Waals surface area contributed by atoms with Crippen LogP contribution < -0.4 is 4.72 Å². The van der Waals surface area contributed by atoms with Crippen molar-refractivity contribution >= 4 is 44.1 Å². The number of carboxylic acid groups (broad SMARTS) is 1. The summed E-state index contributed by atoms with van der Waals surface area (Å²) in [5.41, 5.74) is 0.494. The number of nitrogens with one attached hydrogen (secondary N) is 1. The number of benzene rings is 1. The molecule has 9 heteroatoms. The van der Waals surface area contributed by atoms with Crippen molar-refractivity contribution < 1.29 is 18.3 Å². The molecule has 1 unspecified atom stereocenters. The van der Waals surface area contributed by atoms with Gasteiger partial charge in [0.25, 0.3) is 10.0 Å². The molecule has 0 radical (unpaired) electrons. The summed E-state index contributed by atoms with van der Waals surface area (Å²) in [7, 11) is -3.79. The third-order valence-electron chi connectivity index (χ3n) is 2.94. The van der Waals surface area contributed by atoms with Gasteiger partial charge in [-0.15, -0.1) is 11.3 Å². The summed E-state index contributed by atoms with van der Waals surface area (Å²) in [5.74, 6) is -1.73. The van der Waals surface area contributed by atoms with Gasteiger partial charge in [0.05, 0.1) is 16.5 Å². The number of aliphatic carboxylic acids is 1. The van der Waals surface area contributed by atoms with E-state index in [1.54, 1.807) is 6.92 Å². The van der Waals surface area contributed by atoms with E-state index in [4.69, 9.17) is 16.7 Å². The number of hydrogen-bond acceptors (Lipinski definition) is 5. The predicted molar refractivity (Wildman–Crippen MR) is 85.2 cm³/mol. The Morgan fingerprint density at radius 2 is 1.95 bits per heavy atom. The highest BCUT2D eigenvalue weighted by atomic mass is 35.5. The van der Waals surface area contributed by atoms with Crippen LogP contribution >= 0.6 is 22.9 Å². The standard InChI is InChI=1S/C13H13ClN2O4S2/c1-7(12(17)18)11-8(2)15-13(21-11)16-22(19,20)10-5-3-9(14)4-6-10/h3-7H,1-2H3,(H,15,16)(H,17,18). The number of halogens is 1. The Morgan fingerprint density at radius 3 is 2.50 bits per heavy atom. The topological polar surface area (TPSA) is 96.4 Å². The lowest BCUT2D eigenvalue weighted by atomic mass is 10.1. The van der Waals surface area contributed by atoms with Gasteiger partial charge in [-0.25, -0.2) is 13.4 Å². The van der Waals surface area contributed by atoms with E-state index in [0.717, 1.165) is 11.3 Å². The minimum atomic E-state index is -3.79. The minimum Gasteiger partial charge on any atom is -0.481 e. The van der Waals surface area contributed by atoms with Crippen molar-refractivity contribution in [3.8, 4) is 0 Å². The zero-order chi connectivity index (χ0) is 16.5. The molecule has 1 aromatic carbocycles. The third kappa shape index (κ3) is 3.57. The van der Waals surface area contributed by atoms with Gasteiger partial charge in [0.2, 0.25) is 0 Å². The van der Waals surface area contributed by atoms with E-state index in [2.05, 4.69) is 9.71 Å². The van der Waals surface area contributed by atoms with Gasteiger partial charge in [-0.1, -0.05) is 11.6 Å². The Hall–Kier alpha value is -1.64. The first kappa shape index (κ1) is 16.7. The average Bonchev–Trinajstić information content (AvgIpc) is 2.78. The third-order valence-corrected chi connectivity index (χ3v) is 5.93. The summed E-state index contributed by atoms with van der Waals surface area (Å²) in [6.45, 7) is 3.17. The van der Waals surface area contributed by atoms with E-state index < -0.39 is 21.9 Å². The molecule has 2 N–H and O–H groups in total. The molecule has 118 valence electrons. The van der Waals surface area contributed by atoms with Gasteiger partial charge < -0.3 is 5.11 Å². The molecule has 0 saturated heterocycles. The highest BCUT2D eigenvalue weighted by Crippen LogP contribution is 2.31. The molecule has 2 rings (SSSR count). The molecule has 0 aliphatic carbocycles. The fourth-order valence-electron chi connectivity index (χ4n) is 1.75. The predicted octanol–water partition coefficient (Wildman–Crippen LogP) is 3.09. The number of anilines is 1. The van der Waals surface area contributed by atoms with Crippen molar-refractivity contribution in [2.45, 2.75) is 24.7 Å². The van der Waals surface area contributed by atoms with Gasteiger partial charge in [-0.3, -0.25) is 9.52 Å². The van der Waals surface area contributed by atoms with Gasteiger partial charge in [0, 0.05) is 9.90 Å². The molecule has 1 heterocycles. The monoisotopic (exact) mass is 360 g/mol. The van der Waals surface area contributed by atoms with Crippen molar-refractivity contribution in [1.82, 2.24) is 4.98 Å². The van der Waals surface area contributed by atoms with E-state index in [1.807, 2.05) is 0 Å². The lowest BCUT2D eigenvalue weighted by Crippen LogP contribution is -2.12. The maximum atomic E-state index is 12.2. The van der Waals surface area contributed by atoms with Crippen LogP contribution in [0.25, 0.3) is 0 Å². The fourth-order valence-corrected chi connectivity index (χ4v) is 4.12. The Kier molecular flexibility index (Phi) is 4.74. The molecule has 6 nitrogen and oxygen atoms in total. The van der Waals surface area contributed by atoms with Crippen molar-refractivity contribution in [1.29, 1.82) is 0 Å². The van der Waals surface area contributed by atoms with Gasteiger partial charge >= 0.3 is 5.97 Å². The van der Waals surface area contributed by atoms with Crippen LogP contribution in [0.1, 0.15) is 23.4 Å². The zero-order valence-corrected chi connectivity index (χ0v) is 14.1. The van der Waals surface area contributed by atoms with E-state index in [1.165, 1.54) is 31.2 Å². The highest BCUT2D eigenvalue weighted by molar-refractivity contribution is 7.93. The van der Waals surface area contributed by atoms with Crippen LogP contribution in [-0.2, 0) is 14.8 Å². The van der Waals surface area contributed by atoms with Crippen LogP contribution in [0.15, 0.2) is 29.2 Å². The molecular weight excluding hydrogens is 348 g/mol. The summed E-state index contributed by atoms with van der Waals surface area (Å²) < 4.78 is 26.8. The molecule has 0 saturated carbocycles. The molecule has 0 aliphatic rings. The SMILES string of the molecule is Cc1nc(NS(=O)(=O)c2ccc(Cl)cc2)sc1C(C)C(=O)O. The van der Waals surface area contributed by atoms with Gasteiger partial charge in [0.1, 0.15) is 0 Å². The number of hydrogen-bond donors (Lipinski definition) is 2. The molecule has 2 aromatic rings. The number of nitrogens with zero attached hydrogens (tertiary/aromatic N) is 1. The fraction of sp³-hybridized carbons (Fsp3) is 0.231. The van der Waals surface area contributed by atoms with Crippen molar-refractivity contribution in [3.63, 3.8) is 0 Å². The molecule has 1 atom stereocenters. The molecule has 0 fully saturated rings. The maximum absolute atomic E-state index is 12.2. The highest BCUT2D eigenvalue weighted by Gasteiger charge is 2.22. The molecule has 0 amide bonds. The van der Waals surface area contributed by atoms with E-state index in [0.29, 0.717) is 15.6 Å². The van der Waals surface area contributed by atoms with Crippen LogP contribution in [0.2, 0.25) is 5.02 Å². The second kappa shape index (κ2) is 6.23. The average molecular weight is 361 g/mol. The Morgan fingerprint density at radius 1 is 1.36 bits per heavy atom. The molecule has 0 aliphatic heterocycles. The molecule has 22 heavy (non-hydrogen) atoms. The Labute approximate surface area is 136 Å².